The van der Waals surface area contributed by atoms with Crippen LogP contribution in [0.1, 0.15) is 16.8 Å². The van der Waals surface area contributed by atoms with E-state index in [0.29, 0.717) is 0 Å². The molecule has 0 bridgehead atoms. The highest BCUT2D eigenvalue weighted by atomic mass is 79.9. The van der Waals surface area contributed by atoms with Gasteiger partial charge in [-0.1, -0.05) is 23.4 Å². The van der Waals surface area contributed by atoms with Gasteiger partial charge < -0.3 is 10.3 Å². The number of fused-ring (bicyclic) bond motifs is 1. The van der Waals surface area contributed by atoms with Gasteiger partial charge in [0.05, 0.1) is 5.69 Å². The molecule has 0 spiro atoms. The van der Waals surface area contributed by atoms with Crippen molar-refractivity contribution in [2.45, 2.75) is 19.9 Å². The molecule has 110 valence electrons. The molecule has 5 nitrogen and oxygen atoms in total. The summed E-state index contributed by atoms with van der Waals surface area (Å²) in [4.78, 5) is 3.37. The van der Waals surface area contributed by atoms with Crippen LogP contribution in [0.4, 0.5) is 0 Å². The number of aromatic nitrogens is 4. The van der Waals surface area contributed by atoms with Crippen LogP contribution in [0.5, 0.6) is 0 Å². The van der Waals surface area contributed by atoms with E-state index >= 15 is 0 Å². The van der Waals surface area contributed by atoms with Crippen LogP contribution < -0.4 is 5.32 Å². The molecule has 2 heterocycles. The first-order valence-electron chi connectivity index (χ1n) is 6.97. The van der Waals surface area contributed by atoms with Gasteiger partial charge in [0, 0.05) is 30.7 Å². The lowest BCUT2D eigenvalue weighted by Gasteiger charge is -2.05. The molecule has 0 atom stereocenters. The first kappa shape index (κ1) is 14.3. The monoisotopic (exact) mass is 347 g/mol. The zero-order valence-electron chi connectivity index (χ0n) is 12.2. The Kier molecular flexibility index (Phi) is 4.07. The zero-order valence-corrected chi connectivity index (χ0v) is 13.7. The Bertz CT molecular complexity index is 739. The highest BCUT2D eigenvalue weighted by Gasteiger charge is 2.08. The summed E-state index contributed by atoms with van der Waals surface area (Å²) in [7, 11) is 1.90. The summed E-state index contributed by atoms with van der Waals surface area (Å²) in [5.74, 6) is 0. The van der Waals surface area contributed by atoms with E-state index in [1.54, 1.807) is 4.68 Å². The van der Waals surface area contributed by atoms with E-state index in [1.807, 2.05) is 7.05 Å². The van der Waals surface area contributed by atoms with Crippen LogP contribution in [-0.4, -0.2) is 26.5 Å². The molecular formula is C15H18BrN5. The average molecular weight is 348 g/mol. The molecule has 2 N–H and O–H groups in total. The summed E-state index contributed by atoms with van der Waals surface area (Å²) in [6.45, 7) is 3.80. The van der Waals surface area contributed by atoms with Gasteiger partial charge >= 0.3 is 0 Å². The number of halogens is 1. The maximum atomic E-state index is 3.98. The van der Waals surface area contributed by atoms with Crippen LogP contribution >= 0.6 is 15.9 Å². The quantitative estimate of drug-likeness (QED) is 0.697. The number of rotatable bonds is 5. The summed E-state index contributed by atoms with van der Waals surface area (Å²) in [5, 5.41) is 12.7. The predicted octanol–water partition coefficient (Wildman–Crippen LogP) is 2.70. The van der Waals surface area contributed by atoms with E-state index in [0.717, 1.165) is 29.8 Å². The first-order valence-corrected chi connectivity index (χ1v) is 7.76. The minimum absolute atomic E-state index is 0.755. The Morgan fingerprint density at radius 2 is 2.24 bits per heavy atom. The number of hydrogen-bond acceptors (Lipinski definition) is 3. The lowest BCUT2D eigenvalue weighted by atomic mass is 10.1. The summed E-state index contributed by atoms with van der Waals surface area (Å²) in [6, 6.07) is 6.42. The number of benzene rings is 1. The van der Waals surface area contributed by atoms with Crippen LogP contribution in [0.15, 0.2) is 29.0 Å². The molecule has 3 rings (SSSR count). The summed E-state index contributed by atoms with van der Waals surface area (Å²) >= 11 is 3.41. The van der Waals surface area contributed by atoms with Gasteiger partial charge in [0.15, 0.2) is 4.60 Å². The molecule has 0 aliphatic carbocycles. The van der Waals surface area contributed by atoms with E-state index < -0.39 is 0 Å². The molecular weight excluding hydrogens is 330 g/mol. The SMILES string of the molecule is Cc1cccc2c(CCNCc3c(Br)nnn3C)c[nH]c12. The first-order chi connectivity index (χ1) is 10.2. The lowest BCUT2D eigenvalue weighted by molar-refractivity contribution is 0.617. The molecule has 6 heteroatoms. The van der Waals surface area contributed by atoms with Crippen LogP contribution in [-0.2, 0) is 20.0 Å². The van der Waals surface area contributed by atoms with Gasteiger partial charge in [-0.05, 0) is 46.9 Å². The summed E-state index contributed by atoms with van der Waals surface area (Å²) in [6.07, 6.45) is 3.10. The molecule has 0 radical (unpaired) electrons. The molecule has 1 aromatic carbocycles. The second-order valence-electron chi connectivity index (χ2n) is 5.19. The largest absolute Gasteiger partial charge is 0.361 e. The van der Waals surface area contributed by atoms with Gasteiger partial charge in [-0.15, -0.1) is 5.10 Å². The van der Waals surface area contributed by atoms with Crippen molar-refractivity contribution in [3.05, 3.63) is 45.8 Å². The third-order valence-corrected chi connectivity index (χ3v) is 4.38. The third kappa shape index (κ3) is 2.87. The normalized spacial score (nSPS) is 11.4. The van der Waals surface area contributed by atoms with Crippen molar-refractivity contribution in [2.24, 2.45) is 7.05 Å². The fourth-order valence-corrected chi connectivity index (χ4v) is 3.01. The molecule has 0 unspecified atom stereocenters. The number of hydrogen-bond donors (Lipinski definition) is 2. The minimum Gasteiger partial charge on any atom is -0.361 e. The topological polar surface area (TPSA) is 58.5 Å². The number of aromatic amines is 1. The molecule has 0 amide bonds. The Hall–Kier alpha value is -1.66. The highest BCUT2D eigenvalue weighted by molar-refractivity contribution is 9.10. The van der Waals surface area contributed by atoms with Gasteiger partial charge in [-0.3, -0.25) is 0 Å². The van der Waals surface area contributed by atoms with Crippen molar-refractivity contribution in [3.63, 3.8) is 0 Å². The van der Waals surface area contributed by atoms with Crippen molar-refractivity contribution in [3.8, 4) is 0 Å². The van der Waals surface area contributed by atoms with Gasteiger partial charge in [0.25, 0.3) is 0 Å². The van der Waals surface area contributed by atoms with Gasteiger partial charge in [0.2, 0.25) is 0 Å². The molecule has 3 aromatic rings. The molecule has 0 saturated heterocycles. The maximum absolute atomic E-state index is 3.98. The molecule has 2 aromatic heterocycles. The predicted molar refractivity (Wildman–Crippen MR) is 87.1 cm³/mol. The third-order valence-electron chi connectivity index (χ3n) is 3.77. The number of para-hydroxylation sites is 1. The molecule has 21 heavy (non-hydrogen) atoms. The lowest BCUT2D eigenvalue weighted by Crippen LogP contribution is -2.18. The van der Waals surface area contributed by atoms with Crippen molar-refractivity contribution in [1.82, 2.24) is 25.3 Å². The minimum atomic E-state index is 0.755. The number of nitrogens with one attached hydrogen (secondary N) is 2. The van der Waals surface area contributed by atoms with Crippen molar-refractivity contribution in [1.29, 1.82) is 0 Å². The standard InChI is InChI=1S/C15H18BrN5/c1-10-4-3-5-12-11(8-18-14(10)12)6-7-17-9-13-15(16)19-20-21(13)2/h3-5,8,17-18H,6-7,9H2,1-2H3. The Balaban J connectivity index is 1.61. The smallest absolute Gasteiger partial charge is 0.152 e. The van der Waals surface area contributed by atoms with E-state index in [2.05, 4.69) is 67.9 Å². The van der Waals surface area contributed by atoms with Crippen molar-refractivity contribution >= 4 is 26.8 Å². The Morgan fingerprint density at radius 3 is 3.00 bits per heavy atom. The summed E-state index contributed by atoms with van der Waals surface area (Å²) in [5.41, 5.74) is 4.94. The fourth-order valence-electron chi connectivity index (χ4n) is 2.54. The highest BCUT2D eigenvalue weighted by Crippen LogP contribution is 2.21. The average Bonchev–Trinajstić information content (AvgIpc) is 3.02. The molecule has 0 aliphatic heterocycles. The van der Waals surface area contributed by atoms with E-state index in [4.69, 9.17) is 0 Å². The van der Waals surface area contributed by atoms with Crippen LogP contribution in [0.25, 0.3) is 10.9 Å². The second kappa shape index (κ2) is 5.99. The fraction of sp³-hybridized carbons (Fsp3) is 0.333. The number of aryl methyl sites for hydroxylation is 2. The zero-order chi connectivity index (χ0) is 14.8. The summed E-state index contributed by atoms with van der Waals surface area (Å²) < 4.78 is 2.59. The Morgan fingerprint density at radius 1 is 1.38 bits per heavy atom. The van der Waals surface area contributed by atoms with Crippen LogP contribution in [0.2, 0.25) is 0 Å². The second-order valence-corrected chi connectivity index (χ2v) is 5.94. The van der Waals surface area contributed by atoms with Gasteiger partial charge in [0.1, 0.15) is 0 Å². The van der Waals surface area contributed by atoms with Crippen molar-refractivity contribution in [2.75, 3.05) is 6.54 Å². The van der Waals surface area contributed by atoms with Crippen molar-refractivity contribution < 1.29 is 0 Å². The number of nitrogens with zero attached hydrogens (tertiary/aromatic N) is 3. The van der Waals surface area contributed by atoms with Gasteiger partial charge in [-0.25, -0.2) is 4.68 Å². The molecule has 0 aliphatic rings. The van der Waals surface area contributed by atoms with E-state index in [9.17, 15) is 0 Å². The van der Waals surface area contributed by atoms with Crippen LogP contribution in [0, 0.1) is 6.92 Å². The number of H-pyrrole nitrogens is 1. The van der Waals surface area contributed by atoms with E-state index in [1.165, 1.54) is 22.0 Å². The molecule has 0 saturated carbocycles. The maximum Gasteiger partial charge on any atom is 0.152 e. The Labute approximate surface area is 131 Å². The van der Waals surface area contributed by atoms with Gasteiger partial charge in [-0.2, -0.15) is 0 Å². The molecule has 0 fully saturated rings. The van der Waals surface area contributed by atoms with Crippen LogP contribution in [0.3, 0.4) is 0 Å². The van der Waals surface area contributed by atoms with E-state index in [-0.39, 0.29) is 0 Å².